The van der Waals surface area contributed by atoms with Crippen LogP contribution in [0.5, 0.6) is 11.5 Å². The minimum absolute atomic E-state index is 0.125. The van der Waals surface area contributed by atoms with Gasteiger partial charge in [0.25, 0.3) is 0 Å². The lowest BCUT2D eigenvalue weighted by atomic mass is 10.2. The van der Waals surface area contributed by atoms with E-state index >= 15 is 0 Å². The van der Waals surface area contributed by atoms with Crippen molar-refractivity contribution in [3.8, 4) is 11.5 Å². The average molecular weight is 288 g/mol. The maximum absolute atomic E-state index is 12.3. The number of anilines is 1. The molecule has 0 aromatic heterocycles. The first-order valence-electron chi connectivity index (χ1n) is 6.20. The summed E-state index contributed by atoms with van der Waals surface area (Å²) in [5, 5.41) is 2.62. The van der Waals surface area contributed by atoms with Crippen molar-refractivity contribution < 1.29 is 23.0 Å². The van der Waals surface area contributed by atoms with Crippen LogP contribution in [0.4, 0.5) is 19.3 Å². The first-order chi connectivity index (χ1) is 9.51. The van der Waals surface area contributed by atoms with Crippen molar-refractivity contribution in [1.82, 2.24) is 4.90 Å². The van der Waals surface area contributed by atoms with E-state index < -0.39 is 6.61 Å². The van der Waals surface area contributed by atoms with Gasteiger partial charge in [-0.15, -0.1) is 0 Å². The lowest BCUT2D eigenvalue weighted by Gasteiger charge is -2.19. The fourth-order valence-corrected chi connectivity index (χ4v) is 1.66. The molecule has 1 N–H and O–H groups in total. The summed E-state index contributed by atoms with van der Waals surface area (Å²) in [5.74, 6) is 0.0472. The molecule has 1 rings (SSSR count). The Morgan fingerprint density at radius 1 is 1.30 bits per heavy atom. The Kier molecular flexibility index (Phi) is 6.02. The molecule has 20 heavy (non-hydrogen) atoms. The quantitative estimate of drug-likeness (QED) is 0.874. The smallest absolute Gasteiger partial charge is 0.387 e. The van der Waals surface area contributed by atoms with Crippen molar-refractivity contribution in [3.63, 3.8) is 0 Å². The second-order valence-electron chi connectivity index (χ2n) is 3.85. The molecule has 5 nitrogen and oxygen atoms in total. The Hall–Kier alpha value is -2.05. The average Bonchev–Trinajstić information content (AvgIpc) is 2.39. The van der Waals surface area contributed by atoms with Crippen molar-refractivity contribution in [3.05, 3.63) is 18.2 Å². The zero-order chi connectivity index (χ0) is 15.1. The van der Waals surface area contributed by atoms with Crippen molar-refractivity contribution in [2.24, 2.45) is 0 Å². The number of hydrogen-bond donors (Lipinski definition) is 1. The molecule has 0 aliphatic carbocycles. The van der Waals surface area contributed by atoms with Gasteiger partial charge < -0.3 is 19.7 Å². The Labute approximate surface area is 116 Å². The Morgan fingerprint density at radius 3 is 2.45 bits per heavy atom. The molecule has 0 saturated carbocycles. The number of methoxy groups -OCH3 is 1. The number of carbonyl (C=O) groups excluding carboxylic acids is 1. The van der Waals surface area contributed by atoms with Gasteiger partial charge in [-0.2, -0.15) is 8.78 Å². The number of benzene rings is 1. The van der Waals surface area contributed by atoms with Gasteiger partial charge in [0.15, 0.2) is 11.5 Å². The molecule has 0 aliphatic rings. The van der Waals surface area contributed by atoms with Crippen LogP contribution in [0.3, 0.4) is 0 Å². The fraction of sp³-hybridized carbons (Fsp3) is 0.462. The normalized spacial score (nSPS) is 10.3. The van der Waals surface area contributed by atoms with Crippen LogP contribution >= 0.6 is 0 Å². The molecule has 0 heterocycles. The Morgan fingerprint density at radius 2 is 1.95 bits per heavy atom. The molecule has 0 unspecified atom stereocenters. The van der Waals surface area contributed by atoms with Crippen LogP contribution in [0.25, 0.3) is 0 Å². The van der Waals surface area contributed by atoms with E-state index in [1.54, 1.807) is 11.0 Å². The first-order valence-corrected chi connectivity index (χ1v) is 6.20. The van der Waals surface area contributed by atoms with Crippen molar-refractivity contribution in [1.29, 1.82) is 0 Å². The molecule has 0 spiro atoms. The van der Waals surface area contributed by atoms with Crippen LogP contribution in [-0.4, -0.2) is 37.7 Å². The maximum atomic E-state index is 12.3. The number of urea groups is 1. The summed E-state index contributed by atoms with van der Waals surface area (Å²) < 4.78 is 33.9. The lowest BCUT2D eigenvalue weighted by molar-refractivity contribution is -0.0511. The molecule has 0 bridgehead atoms. The van der Waals surface area contributed by atoms with Crippen LogP contribution in [0.2, 0.25) is 0 Å². The van der Waals surface area contributed by atoms with E-state index in [-0.39, 0.29) is 17.5 Å². The number of hydrogen-bond acceptors (Lipinski definition) is 3. The van der Waals surface area contributed by atoms with Gasteiger partial charge in [-0.25, -0.2) is 4.79 Å². The summed E-state index contributed by atoms with van der Waals surface area (Å²) >= 11 is 0. The number of halogens is 2. The molecule has 1 aromatic rings. The second-order valence-corrected chi connectivity index (χ2v) is 3.85. The predicted octanol–water partition coefficient (Wildman–Crippen LogP) is 3.17. The molecule has 7 heteroatoms. The first kappa shape index (κ1) is 16.0. The van der Waals surface area contributed by atoms with E-state index in [1.165, 1.54) is 19.2 Å². The van der Waals surface area contributed by atoms with Crippen molar-refractivity contribution >= 4 is 11.7 Å². The highest BCUT2D eigenvalue weighted by atomic mass is 19.3. The number of carbonyl (C=O) groups is 1. The van der Waals surface area contributed by atoms with Crippen LogP contribution in [0, 0.1) is 0 Å². The number of rotatable bonds is 6. The summed E-state index contributed by atoms with van der Waals surface area (Å²) in [6.07, 6.45) is 0. The van der Waals surface area contributed by atoms with Crippen LogP contribution in [0.15, 0.2) is 18.2 Å². The van der Waals surface area contributed by atoms with Gasteiger partial charge in [-0.3, -0.25) is 0 Å². The van der Waals surface area contributed by atoms with Crippen LogP contribution < -0.4 is 14.8 Å². The summed E-state index contributed by atoms with van der Waals surface area (Å²) in [7, 11) is 1.35. The largest absolute Gasteiger partial charge is 0.493 e. The molecule has 0 atom stereocenters. The fourth-order valence-electron chi connectivity index (χ4n) is 1.66. The molecule has 2 amide bonds. The number of amides is 2. The van der Waals surface area contributed by atoms with Gasteiger partial charge in [0.1, 0.15) is 0 Å². The predicted molar refractivity (Wildman–Crippen MR) is 71.6 cm³/mol. The van der Waals surface area contributed by atoms with Gasteiger partial charge in [0.2, 0.25) is 0 Å². The summed E-state index contributed by atoms with van der Waals surface area (Å²) in [6, 6.07) is 4.00. The summed E-state index contributed by atoms with van der Waals surface area (Å²) in [4.78, 5) is 13.4. The number of alkyl halides is 2. The van der Waals surface area contributed by atoms with Gasteiger partial charge in [-0.1, -0.05) is 0 Å². The molecular weight excluding hydrogens is 270 g/mol. The minimum Gasteiger partial charge on any atom is -0.493 e. The molecule has 0 radical (unpaired) electrons. The second kappa shape index (κ2) is 7.52. The van der Waals surface area contributed by atoms with Gasteiger partial charge in [-0.05, 0) is 26.0 Å². The SMILES string of the molecule is CCN(CC)C(=O)Nc1ccc(OC)c(OC(F)F)c1. The summed E-state index contributed by atoms with van der Waals surface area (Å²) in [5.41, 5.74) is 0.360. The van der Waals surface area contributed by atoms with E-state index in [1.807, 2.05) is 13.8 Å². The highest BCUT2D eigenvalue weighted by molar-refractivity contribution is 5.89. The molecule has 0 fully saturated rings. The van der Waals surface area contributed by atoms with Crippen LogP contribution in [-0.2, 0) is 0 Å². The van der Waals surface area contributed by atoms with E-state index in [9.17, 15) is 13.6 Å². The third-order valence-corrected chi connectivity index (χ3v) is 2.68. The highest BCUT2D eigenvalue weighted by Gasteiger charge is 2.14. The van der Waals surface area contributed by atoms with Gasteiger partial charge in [0.05, 0.1) is 7.11 Å². The third-order valence-electron chi connectivity index (χ3n) is 2.68. The van der Waals surface area contributed by atoms with Gasteiger partial charge in [0, 0.05) is 24.8 Å². The Bertz CT molecular complexity index is 451. The number of nitrogens with one attached hydrogen (secondary N) is 1. The molecule has 1 aromatic carbocycles. The maximum Gasteiger partial charge on any atom is 0.387 e. The summed E-state index contributed by atoms with van der Waals surface area (Å²) in [6.45, 7) is 1.85. The zero-order valence-electron chi connectivity index (χ0n) is 11.7. The van der Waals surface area contributed by atoms with E-state index in [4.69, 9.17) is 4.74 Å². The topological polar surface area (TPSA) is 50.8 Å². The monoisotopic (exact) mass is 288 g/mol. The van der Waals surface area contributed by atoms with E-state index in [0.29, 0.717) is 18.8 Å². The minimum atomic E-state index is -2.96. The van der Waals surface area contributed by atoms with E-state index in [2.05, 4.69) is 10.1 Å². The molecule has 0 saturated heterocycles. The van der Waals surface area contributed by atoms with Crippen molar-refractivity contribution in [2.45, 2.75) is 20.5 Å². The molecular formula is C13H18F2N2O3. The number of ether oxygens (including phenoxy) is 2. The lowest BCUT2D eigenvalue weighted by Crippen LogP contribution is -2.34. The van der Waals surface area contributed by atoms with Crippen molar-refractivity contribution in [2.75, 3.05) is 25.5 Å². The number of nitrogens with zero attached hydrogens (tertiary/aromatic N) is 1. The zero-order valence-corrected chi connectivity index (χ0v) is 11.7. The van der Waals surface area contributed by atoms with Crippen LogP contribution in [0.1, 0.15) is 13.8 Å². The molecule has 112 valence electrons. The van der Waals surface area contributed by atoms with Gasteiger partial charge >= 0.3 is 12.6 Å². The highest BCUT2D eigenvalue weighted by Crippen LogP contribution is 2.31. The Balaban J connectivity index is 2.88. The van der Waals surface area contributed by atoms with E-state index in [0.717, 1.165) is 0 Å². The standard InChI is InChI=1S/C13H18F2N2O3/c1-4-17(5-2)13(18)16-9-6-7-10(19-3)11(8-9)20-12(14)15/h6-8,12H,4-5H2,1-3H3,(H,16,18). The molecule has 0 aliphatic heterocycles. The third kappa shape index (κ3) is 4.25.